The lowest BCUT2D eigenvalue weighted by atomic mass is 10.3. The summed E-state index contributed by atoms with van der Waals surface area (Å²) in [5.41, 5.74) is 2.19. The highest BCUT2D eigenvalue weighted by Gasteiger charge is 2.09. The van der Waals surface area contributed by atoms with Crippen LogP contribution in [0, 0.1) is 11.5 Å². The van der Waals surface area contributed by atoms with Gasteiger partial charge in [0.25, 0.3) is 0 Å². The largest absolute Gasteiger partial charge is 0.435 e. The van der Waals surface area contributed by atoms with Crippen molar-refractivity contribution in [1.29, 1.82) is 5.26 Å². The molecule has 7 heteroatoms. The molecule has 0 atom stereocenters. The fourth-order valence-electron chi connectivity index (χ4n) is 1.78. The van der Waals surface area contributed by atoms with Crippen LogP contribution in [-0.2, 0) is 0 Å². The summed E-state index contributed by atoms with van der Waals surface area (Å²) >= 11 is 2.96. The second-order valence-electron chi connectivity index (χ2n) is 4.01. The van der Waals surface area contributed by atoms with Crippen LogP contribution in [-0.4, -0.2) is 16.4 Å². The molecule has 0 unspecified atom stereocenters. The summed E-state index contributed by atoms with van der Waals surface area (Å²) in [7, 11) is 0. The molecule has 0 aliphatic carbocycles. The highest BCUT2D eigenvalue weighted by atomic mass is 32.2. The summed E-state index contributed by atoms with van der Waals surface area (Å²) in [5.74, 6) is 0.612. The van der Waals surface area contributed by atoms with Crippen LogP contribution in [0.2, 0.25) is 0 Å². The lowest BCUT2D eigenvalue weighted by molar-refractivity contribution is 0.621. The van der Waals surface area contributed by atoms with Crippen LogP contribution < -0.4 is 5.32 Å². The van der Waals surface area contributed by atoms with E-state index in [9.17, 15) is 0 Å². The van der Waals surface area contributed by atoms with Gasteiger partial charge in [-0.2, -0.15) is 5.26 Å². The van der Waals surface area contributed by atoms with E-state index in [4.69, 9.17) is 9.68 Å². The van der Waals surface area contributed by atoms with E-state index in [0.717, 1.165) is 21.7 Å². The smallest absolute Gasteiger partial charge is 0.237 e. The summed E-state index contributed by atoms with van der Waals surface area (Å²) in [4.78, 5) is 9.83. The highest BCUT2D eigenvalue weighted by molar-refractivity contribution is 8.13. The molecule has 0 amide bonds. The topological polar surface area (TPSA) is 74.2 Å². The number of rotatable bonds is 2. The SMILES string of the molecule is CSC(=Nc1ccc2oc(-c3cccs3)nc2c1)NC#N. The fourth-order valence-corrected chi connectivity index (χ4v) is 2.77. The average molecular weight is 314 g/mol. The quantitative estimate of drug-likeness (QED) is 0.335. The molecule has 2 aromatic heterocycles. The molecule has 3 aromatic rings. The zero-order chi connectivity index (χ0) is 14.7. The molecule has 1 N–H and O–H groups in total. The van der Waals surface area contributed by atoms with Gasteiger partial charge < -0.3 is 4.42 Å². The van der Waals surface area contributed by atoms with Crippen LogP contribution in [0.15, 0.2) is 45.1 Å². The van der Waals surface area contributed by atoms with E-state index in [2.05, 4.69) is 15.3 Å². The minimum atomic E-state index is 0.541. The molecule has 0 aliphatic heterocycles. The molecular weight excluding hydrogens is 304 g/mol. The zero-order valence-corrected chi connectivity index (χ0v) is 12.7. The third-order valence-electron chi connectivity index (χ3n) is 2.69. The molecule has 0 saturated heterocycles. The van der Waals surface area contributed by atoms with E-state index in [0.29, 0.717) is 11.1 Å². The Kier molecular flexibility index (Phi) is 3.90. The number of fused-ring (bicyclic) bond motifs is 1. The first-order valence-electron chi connectivity index (χ1n) is 6.02. The summed E-state index contributed by atoms with van der Waals surface area (Å²) in [5, 5.41) is 13.7. The van der Waals surface area contributed by atoms with Crippen molar-refractivity contribution in [2.24, 2.45) is 4.99 Å². The van der Waals surface area contributed by atoms with Crippen LogP contribution in [0.25, 0.3) is 21.9 Å². The lowest BCUT2D eigenvalue weighted by Gasteiger charge is -1.98. The van der Waals surface area contributed by atoms with E-state index in [-0.39, 0.29) is 0 Å². The van der Waals surface area contributed by atoms with Crippen molar-refractivity contribution in [3.8, 4) is 17.0 Å². The molecule has 1 aromatic carbocycles. The second-order valence-corrected chi connectivity index (χ2v) is 5.75. The van der Waals surface area contributed by atoms with Crippen LogP contribution in [0.1, 0.15) is 0 Å². The van der Waals surface area contributed by atoms with Gasteiger partial charge in [0.15, 0.2) is 16.9 Å². The molecule has 21 heavy (non-hydrogen) atoms. The number of oxazole rings is 1. The Balaban J connectivity index is 1.99. The molecule has 0 saturated carbocycles. The minimum Gasteiger partial charge on any atom is -0.435 e. The summed E-state index contributed by atoms with van der Waals surface area (Å²) in [6, 6.07) is 9.44. The molecular formula is C14H10N4OS2. The Labute approximate surface area is 129 Å². The number of nitrogens with one attached hydrogen (secondary N) is 1. The molecule has 0 radical (unpaired) electrons. The molecule has 2 heterocycles. The Hall–Kier alpha value is -2.30. The number of nitriles is 1. The monoisotopic (exact) mass is 314 g/mol. The van der Waals surface area contributed by atoms with Crippen LogP contribution >= 0.6 is 23.1 Å². The van der Waals surface area contributed by atoms with E-state index in [1.54, 1.807) is 11.3 Å². The maximum absolute atomic E-state index is 8.65. The van der Waals surface area contributed by atoms with Crippen molar-refractivity contribution in [3.05, 3.63) is 35.7 Å². The summed E-state index contributed by atoms with van der Waals surface area (Å²) in [6.45, 7) is 0. The van der Waals surface area contributed by atoms with E-state index in [1.807, 2.05) is 48.2 Å². The number of nitrogens with zero attached hydrogens (tertiary/aromatic N) is 3. The number of aliphatic imine (C=N–C) groups is 1. The van der Waals surface area contributed by atoms with Gasteiger partial charge in [0.2, 0.25) is 5.89 Å². The van der Waals surface area contributed by atoms with Gasteiger partial charge in [0, 0.05) is 0 Å². The Morgan fingerprint density at radius 2 is 2.38 bits per heavy atom. The van der Waals surface area contributed by atoms with Crippen LogP contribution in [0.4, 0.5) is 5.69 Å². The summed E-state index contributed by atoms with van der Waals surface area (Å²) < 4.78 is 5.72. The standard InChI is InChI=1S/C14H10N4OS2/c1-20-14(16-8-15)17-9-4-5-11-10(7-9)18-13(19-11)12-3-2-6-21-12/h2-7H,1H3,(H,16,17). The number of amidine groups is 1. The Bertz CT molecular complexity index is 830. The molecule has 3 rings (SSSR count). The van der Waals surface area contributed by atoms with Gasteiger partial charge in [-0.15, -0.1) is 11.3 Å². The van der Waals surface area contributed by atoms with Gasteiger partial charge in [0.05, 0.1) is 10.6 Å². The third kappa shape index (κ3) is 2.91. The van der Waals surface area contributed by atoms with Crippen molar-refractivity contribution in [2.45, 2.75) is 0 Å². The number of hydrogen-bond acceptors (Lipinski definition) is 6. The maximum atomic E-state index is 8.65. The highest BCUT2D eigenvalue weighted by Crippen LogP contribution is 2.29. The van der Waals surface area contributed by atoms with Gasteiger partial charge in [-0.1, -0.05) is 17.8 Å². The fraction of sp³-hybridized carbons (Fsp3) is 0.0714. The van der Waals surface area contributed by atoms with Crippen LogP contribution in [0.5, 0.6) is 0 Å². The second kappa shape index (κ2) is 5.99. The van der Waals surface area contributed by atoms with Gasteiger partial charge in [0.1, 0.15) is 5.52 Å². The Morgan fingerprint density at radius 3 is 3.10 bits per heavy atom. The lowest BCUT2D eigenvalue weighted by Crippen LogP contribution is -2.12. The number of aromatic nitrogens is 1. The third-order valence-corrected chi connectivity index (χ3v) is 4.13. The van der Waals surface area contributed by atoms with E-state index < -0.39 is 0 Å². The minimum absolute atomic E-state index is 0.541. The zero-order valence-electron chi connectivity index (χ0n) is 11.0. The van der Waals surface area contributed by atoms with Gasteiger partial charge >= 0.3 is 0 Å². The predicted molar refractivity (Wildman–Crippen MR) is 86.7 cm³/mol. The summed E-state index contributed by atoms with van der Waals surface area (Å²) in [6.07, 6.45) is 3.72. The number of benzene rings is 1. The maximum Gasteiger partial charge on any atom is 0.237 e. The molecule has 0 spiro atoms. The molecule has 5 nitrogen and oxygen atoms in total. The van der Waals surface area contributed by atoms with Gasteiger partial charge in [-0.25, -0.2) is 9.98 Å². The van der Waals surface area contributed by atoms with Crippen molar-refractivity contribution >= 4 is 45.1 Å². The molecule has 0 aliphatic rings. The number of thioether (sulfide) groups is 1. The van der Waals surface area contributed by atoms with Crippen molar-refractivity contribution in [2.75, 3.05) is 6.26 Å². The Morgan fingerprint density at radius 1 is 1.48 bits per heavy atom. The molecule has 0 fully saturated rings. The predicted octanol–water partition coefficient (Wildman–Crippen LogP) is 3.98. The number of thiophene rings is 1. The van der Waals surface area contributed by atoms with Crippen molar-refractivity contribution < 1.29 is 4.42 Å². The molecule has 104 valence electrons. The van der Waals surface area contributed by atoms with Crippen LogP contribution in [0.3, 0.4) is 0 Å². The molecule has 0 bridgehead atoms. The van der Waals surface area contributed by atoms with E-state index >= 15 is 0 Å². The first kappa shape index (κ1) is 13.7. The van der Waals surface area contributed by atoms with E-state index in [1.165, 1.54) is 11.8 Å². The first-order chi connectivity index (χ1) is 10.3. The van der Waals surface area contributed by atoms with Crippen molar-refractivity contribution in [1.82, 2.24) is 10.3 Å². The van der Waals surface area contributed by atoms with Gasteiger partial charge in [-0.05, 0) is 35.9 Å². The van der Waals surface area contributed by atoms with Gasteiger partial charge in [-0.3, -0.25) is 5.32 Å². The average Bonchev–Trinajstić information content (AvgIpc) is 3.15. The number of hydrogen-bond donors (Lipinski definition) is 1. The first-order valence-corrected chi connectivity index (χ1v) is 8.13. The normalized spacial score (nSPS) is 11.5. The van der Waals surface area contributed by atoms with Crippen molar-refractivity contribution in [3.63, 3.8) is 0 Å².